The minimum Gasteiger partial charge on any atom is -0.373 e. The fourth-order valence-electron chi connectivity index (χ4n) is 1.84. The number of hydrogen-bond donors (Lipinski definition) is 1. The van der Waals surface area contributed by atoms with Gasteiger partial charge in [-0.25, -0.2) is 0 Å². The van der Waals surface area contributed by atoms with Crippen LogP contribution in [0.3, 0.4) is 0 Å². The summed E-state index contributed by atoms with van der Waals surface area (Å²) in [4.78, 5) is 2.46. The molecule has 0 aliphatic heterocycles. The molecule has 0 amide bonds. The van der Waals surface area contributed by atoms with E-state index in [-0.39, 0.29) is 0 Å². The predicted octanol–water partition coefficient (Wildman–Crippen LogP) is 2.56. The molecule has 0 spiro atoms. The second kappa shape index (κ2) is 5.67. The van der Waals surface area contributed by atoms with E-state index in [1.165, 1.54) is 24.4 Å². The molecular weight excluding hydrogens is 256 g/mol. The van der Waals surface area contributed by atoms with Crippen LogP contribution in [0.25, 0.3) is 0 Å². The molecule has 1 aliphatic carbocycles. The van der Waals surface area contributed by atoms with Crippen molar-refractivity contribution in [2.24, 2.45) is 0 Å². The summed E-state index contributed by atoms with van der Waals surface area (Å²) in [6.07, 6.45) is 2.65. The van der Waals surface area contributed by atoms with Crippen molar-refractivity contribution in [3.05, 3.63) is 10.7 Å². The molecule has 0 saturated heterocycles. The van der Waals surface area contributed by atoms with Gasteiger partial charge in [0.1, 0.15) is 16.6 Å². The second-order valence-corrected chi connectivity index (χ2v) is 5.21. The normalized spacial score (nSPS) is 14.9. The highest BCUT2D eigenvalue weighted by Crippen LogP contribution is 2.28. The maximum atomic E-state index is 8.92. The smallest absolute Gasteiger partial charge is 0.162 e. The lowest BCUT2D eigenvalue weighted by Gasteiger charge is -2.19. The van der Waals surface area contributed by atoms with E-state index in [1.807, 2.05) is 0 Å². The van der Waals surface area contributed by atoms with Gasteiger partial charge in [0, 0.05) is 19.1 Å². The Morgan fingerprint density at radius 3 is 3.00 bits per heavy atom. The highest BCUT2D eigenvalue weighted by molar-refractivity contribution is 7.10. The Labute approximate surface area is 110 Å². The van der Waals surface area contributed by atoms with E-state index in [4.69, 9.17) is 16.9 Å². The zero-order valence-corrected chi connectivity index (χ0v) is 11.3. The van der Waals surface area contributed by atoms with Gasteiger partial charge in [-0.05, 0) is 30.9 Å². The lowest BCUT2D eigenvalue weighted by molar-refractivity contribution is 0.289. The highest BCUT2D eigenvalue weighted by atomic mass is 35.5. The number of halogens is 1. The highest BCUT2D eigenvalue weighted by Gasteiger charge is 2.27. The summed E-state index contributed by atoms with van der Waals surface area (Å²) in [5.74, 6) is 0. The Morgan fingerprint density at radius 2 is 2.41 bits per heavy atom. The van der Waals surface area contributed by atoms with Gasteiger partial charge in [0.15, 0.2) is 5.15 Å². The Balaban J connectivity index is 1.83. The van der Waals surface area contributed by atoms with Crippen LogP contribution in [0.2, 0.25) is 5.15 Å². The standard InChI is InChI=1S/C11H15ClN4S/c1-2-16(8-3-4-8)6-5-14-11-9(7-13)10(12)15-17-11/h8,14H,2-6H2,1H3. The average molecular weight is 271 g/mol. The van der Waals surface area contributed by atoms with Crippen molar-refractivity contribution >= 4 is 28.1 Å². The molecule has 0 radical (unpaired) electrons. The van der Waals surface area contributed by atoms with Crippen molar-refractivity contribution in [2.45, 2.75) is 25.8 Å². The largest absolute Gasteiger partial charge is 0.373 e. The summed E-state index contributed by atoms with van der Waals surface area (Å²) in [6.45, 7) is 5.10. The van der Waals surface area contributed by atoms with Crippen molar-refractivity contribution in [3.8, 4) is 6.07 Å². The Kier molecular flexibility index (Phi) is 4.21. The molecule has 1 N–H and O–H groups in total. The third-order valence-electron chi connectivity index (χ3n) is 2.92. The molecule has 0 atom stereocenters. The molecule has 92 valence electrons. The molecule has 17 heavy (non-hydrogen) atoms. The molecular formula is C11H15ClN4S. The van der Waals surface area contributed by atoms with Gasteiger partial charge >= 0.3 is 0 Å². The summed E-state index contributed by atoms with van der Waals surface area (Å²) < 4.78 is 3.96. The fraction of sp³-hybridized carbons (Fsp3) is 0.636. The van der Waals surface area contributed by atoms with Crippen LogP contribution in [0.4, 0.5) is 5.00 Å². The summed E-state index contributed by atoms with van der Waals surface area (Å²) in [6, 6.07) is 2.85. The van der Waals surface area contributed by atoms with E-state index in [0.717, 1.165) is 30.7 Å². The molecule has 1 aromatic rings. The van der Waals surface area contributed by atoms with E-state index in [1.54, 1.807) is 0 Å². The van der Waals surface area contributed by atoms with Crippen molar-refractivity contribution in [3.63, 3.8) is 0 Å². The number of nitriles is 1. The first kappa shape index (κ1) is 12.6. The summed E-state index contributed by atoms with van der Waals surface area (Å²) in [5, 5.41) is 13.2. The van der Waals surface area contributed by atoms with E-state index in [0.29, 0.717) is 10.7 Å². The first-order valence-electron chi connectivity index (χ1n) is 5.79. The van der Waals surface area contributed by atoms with Crippen LogP contribution in [0, 0.1) is 11.3 Å². The SMILES string of the molecule is CCN(CCNc1snc(Cl)c1C#N)C1CC1. The lowest BCUT2D eigenvalue weighted by atomic mass is 10.4. The minimum absolute atomic E-state index is 0.301. The molecule has 1 fully saturated rings. The maximum absolute atomic E-state index is 8.92. The number of nitrogens with zero attached hydrogens (tertiary/aromatic N) is 3. The van der Waals surface area contributed by atoms with Crippen molar-refractivity contribution in [1.29, 1.82) is 5.26 Å². The van der Waals surface area contributed by atoms with Gasteiger partial charge in [-0.1, -0.05) is 18.5 Å². The van der Waals surface area contributed by atoms with E-state index < -0.39 is 0 Å². The van der Waals surface area contributed by atoms with Crippen LogP contribution in [0.1, 0.15) is 25.3 Å². The average Bonchev–Trinajstić information content (AvgIpc) is 3.10. The van der Waals surface area contributed by atoms with Crippen LogP contribution in [-0.4, -0.2) is 34.9 Å². The van der Waals surface area contributed by atoms with Crippen LogP contribution < -0.4 is 5.32 Å². The summed E-state index contributed by atoms with van der Waals surface area (Å²) in [5.41, 5.74) is 0.464. The molecule has 0 unspecified atom stereocenters. The van der Waals surface area contributed by atoms with Crippen molar-refractivity contribution in [2.75, 3.05) is 25.0 Å². The molecule has 0 bridgehead atoms. The van der Waals surface area contributed by atoms with Gasteiger partial charge in [0.2, 0.25) is 0 Å². The number of nitrogens with one attached hydrogen (secondary N) is 1. The molecule has 2 rings (SSSR count). The van der Waals surface area contributed by atoms with E-state index in [2.05, 4.69) is 27.6 Å². The van der Waals surface area contributed by atoms with Gasteiger partial charge in [-0.15, -0.1) is 0 Å². The van der Waals surface area contributed by atoms with Crippen molar-refractivity contribution < 1.29 is 0 Å². The zero-order valence-electron chi connectivity index (χ0n) is 9.74. The summed E-state index contributed by atoms with van der Waals surface area (Å²) >= 11 is 7.05. The van der Waals surface area contributed by atoms with Crippen LogP contribution in [-0.2, 0) is 0 Å². The molecule has 1 aliphatic rings. The summed E-state index contributed by atoms with van der Waals surface area (Å²) in [7, 11) is 0. The maximum Gasteiger partial charge on any atom is 0.162 e. The van der Waals surface area contributed by atoms with E-state index in [9.17, 15) is 0 Å². The Bertz CT molecular complexity index is 422. The molecule has 0 aromatic carbocycles. The third kappa shape index (κ3) is 3.09. The molecule has 4 nitrogen and oxygen atoms in total. The van der Waals surface area contributed by atoms with Crippen molar-refractivity contribution in [1.82, 2.24) is 9.27 Å². The van der Waals surface area contributed by atoms with Gasteiger partial charge < -0.3 is 5.32 Å². The third-order valence-corrected chi connectivity index (χ3v) is 4.09. The second-order valence-electron chi connectivity index (χ2n) is 4.08. The molecule has 1 saturated carbocycles. The number of rotatable bonds is 6. The van der Waals surface area contributed by atoms with Gasteiger partial charge in [-0.2, -0.15) is 9.64 Å². The van der Waals surface area contributed by atoms with Gasteiger partial charge in [-0.3, -0.25) is 4.90 Å². The number of likely N-dealkylation sites (N-methyl/N-ethyl adjacent to an activating group) is 1. The minimum atomic E-state index is 0.301. The molecule has 1 heterocycles. The van der Waals surface area contributed by atoms with Gasteiger partial charge in [0.05, 0.1) is 0 Å². The number of anilines is 1. The monoisotopic (exact) mass is 270 g/mol. The first-order chi connectivity index (χ1) is 8.26. The first-order valence-corrected chi connectivity index (χ1v) is 6.94. The Hall–Kier alpha value is -0.830. The predicted molar refractivity (Wildman–Crippen MR) is 70.6 cm³/mol. The van der Waals surface area contributed by atoms with Gasteiger partial charge in [0.25, 0.3) is 0 Å². The van der Waals surface area contributed by atoms with Crippen LogP contribution in [0.15, 0.2) is 0 Å². The fourth-order valence-corrected chi connectivity index (χ4v) is 2.80. The van der Waals surface area contributed by atoms with Crippen LogP contribution in [0.5, 0.6) is 0 Å². The topological polar surface area (TPSA) is 52.0 Å². The van der Waals surface area contributed by atoms with E-state index >= 15 is 0 Å². The quantitative estimate of drug-likeness (QED) is 0.863. The lowest BCUT2D eigenvalue weighted by Crippen LogP contribution is -2.30. The number of hydrogen-bond acceptors (Lipinski definition) is 5. The Morgan fingerprint density at radius 1 is 1.65 bits per heavy atom. The molecule has 1 aromatic heterocycles. The number of aromatic nitrogens is 1. The molecule has 6 heteroatoms. The van der Waals surface area contributed by atoms with Crippen LogP contribution >= 0.6 is 23.1 Å². The zero-order chi connectivity index (χ0) is 12.3.